The van der Waals surface area contributed by atoms with Gasteiger partial charge in [0, 0.05) is 5.41 Å². The summed E-state index contributed by atoms with van der Waals surface area (Å²) in [5.74, 6) is 0.277. The molecular weight excluding hydrogens is 152 g/mol. The first kappa shape index (κ1) is 8.24. The molecule has 0 aromatic heterocycles. The van der Waals surface area contributed by atoms with Crippen molar-refractivity contribution >= 4 is 5.78 Å². The van der Waals surface area contributed by atoms with Gasteiger partial charge in [0.15, 0.2) is 5.78 Å². The zero-order valence-electron chi connectivity index (χ0n) is 7.92. The standard InChI is InChI=1S/C10H16O2/c1-9(2)6-4-5-10(9,3)8(12)7(6)11/h6-7,11H,4-5H2,1-3H3/t6?,7-,10-/m0/s1. The lowest BCUT2D eigenvalue weighted by molar-refractivity contribution is -0.135. The van der Waals surface area contributed by atoms with E-state index >= 15 is 0 Å². The summed E-state index contributed by atoms with van der Waals surface area (Å²) in [4.78, 5) is 11.7. The van der Waals surface area contributed by atoms with Gasteiger partial charge in [-0.1, -0.05) is 20.8 Å². The number of ketones is 1. The highest BCUT2D eigenvalue weighted by Crippen LogP contribution is 2.63. The molecule has 0 aromatic rings. The van der Waals surface area contributed by atoms with E-state index in [1.54, 1.807) is 0 Å². The van der Waals surface area contributed by atoms with Crippen molar-refractivity contribution in [3.8, 4) is 0 Å². The van der Waals surface area contributed by atoms with Crippen molar-refractivity contribution in [1.29, 1.82) is 0 Å². The Bertz CT molecular complexity index is 244. The summed E-state index contributed by atoms with van der Waals surface area (Å²) in [6, 6.07) is 0. The third-order valence-electron chi connectivity index (χ3n) is 4.50. The highest BCUT2D eigenvalue weighted by molar-refractivity contribution is 5.93. The third kappa shape index (κ3) is 0.598. The Hall–Kier alpha value is -0.370. The number of Topliss-reactive ketones (excluding diaryl/α,β-unsaturated/α-hetero) is 1. The van der Waals surface area contributed by atoms with Crippen LogP contribution < -0.4 is 0 Å². The van der Waals surface area contributed by atoms with E-state index in [0.717, 1.165) is 12.8 Å². The molecule has 0 amide bonds. The van der Waals surface area contributed by atoms with Crippen molar-refractivity contribution in [1.82, 2.24) is 0 Å². The lowest BCUT2D eigenvalue weighted by Crippen LogP contribution is -2.34. The molecule has 2 aliphatic rings. The van der Waals surface area contributed by atoms with Gasteiger partial charge >= 0.3 is 0 Å². The predicted octanol–water partition coefficient (Wildman–Crippen LogP) is 1.37. The van der Waals surface area contributed by atoms with Crippen LogP contribution in [0.15, 0.2) is 0 Å². The normalized spacial score (nSPS) is 50.2. The minimum absolute atomic E-state index is 0.00347. The average molecular weight is 168 g/mol. The smallest absolute Gasteiger partial charge is 0.167 e. The fourth-order valence-corrected chi connectivity index (χ4v) is 3.04. The maximum Gasteiger partial charge on any atom is 0.167 e. The molecule has 2 saturated carbocycles. The highest BCUT2D eigenvalue weighted by Gasteiger charge is 2.65. The highest BCUT2D eigenvalue weighted by atomic mass is 16.3. The lowest BCUT2D eigenvalue weighted by Gasteiger charge is -2.31. The number of fused-ring (bicyclic) bond motifs is 2. The Morgan fingerprint density at radius 1 is 1.42 bits per heavy atom. The number of carbonyl (C=O) groups excluding carboxylic acids is 1. The van der Waals surface area contributed by atoms with Crippen LogP contribution in [0.5, 0.6) is 0 Å². The van der Waals surface area contributed by atoms with Gasteiger partial charge in [-0.25, -0.2) is 0 Å². The van der Waals surface area contributed by atoms with Gasteiger partial charge in [-0.2, -0.15) is 0 Å². The second-order valence-electron chi connectivity index (χ2n) is 5.01. The van der Waals surface area contributed by atoms with Gasteiger partial charge in [0.05, 0.1) is 0 Å². The Balaban J connectivity index is 2.50. The molecule has 0 heterocycles. The largest absolute Gasteiger partial charge is 0.385 e. The van der Waals surface area contributed by atoms with E-state index < -0.39 is 6.10 Å². The topological polar surface area (TPSA) is 37.3 Å². The first-order valence-electron chi connectivity index (χ1n) is 4.63. The number of hydrogen-bond acceptors (Lipinski definition) is 2. The third-order valence-corrected chi connectivity index (χ3v) is 4.50. The zero-order valence-corrected chi connectivity index (χ0v) is 7.92. The van der Waals surface area contributed by atoms with Crippen LogP contribution in [-0.4, -0.2) is 17.0 Å². The molecule has 1 unspecified atom stereocenters. The fraction of sp³-hybridized carbons (Fsp3) is 0.900. The number of aliphatic hydroxyl groups is 1. The lowest BCUT2D eigenvalue weighted by atomic mass is 9.70. The maximum absolute atomic E-state index is 11.7. The van der Waals surface area contributed by atoms with E-state index in [-0.39, 0.29) is 22.5 Å². The molecule has 0 saturated heterocycles. The van der Waals surface area contributed by atoms with Crippen LogP contribution in [0.25, 0.3) is 0 Å². The molecule has 0 aromatic carbocycles. The Kier molecular flexibility index (Phi) is 1.32. The van der Waals surface area contributed by atoms with Crippen molar-refractivity contribution in [2.45, 2.75) is 39.7 Å². The van der Waals surface area contributed by atoms with Gasteiger partial charge in [-0.15, -0.1) is 0 Å². The molecule has 2 rings (SSSR count). The number of hydrogen-bond donors (Lipinski definition) is 1. The zero-order chi connectivity index (χ0) is 9.15. The maximum atomic E-state index is 11.7. The van der Waals surface area contributed by atoms with E-state index in [2.05, 4.69) is 13.8 Å². The number of rotatable bonds is 0. The molecule has 1 N–H and O–H groups in total. The van der Waals surface area contributed by atoms with Crippen molar-refractivity contribution < 1.29 is 9.90 Å². The van der Waals surface area contributed by atoms with Gasteiger partial charge < -0.3 is 5.11 Å². The minimum Gasteiger partial charge on any atom is -0.385 e. The van der Waals surface area contributed by atoms with Crippen LogP contribution in [0.1, 0.15) is 33.6 Å². The second kappa shape index (κ2) is 1.92. The molecular formula is C10H16O2. The predicted molar refractivity (Wildman–Crippen MR) is 45.6 cm³/mol. The van der Waals surface area contributed by atoms with Crippen LogP contribution >= 0.6 is 0 Å². The van der Waals surface area contributed by atoms with E-state index in [4.69, 9.17) is 0 Å². The first-order chi connectivity index (χ1) is 5.41. The summed E-state index contributed by atoms with van der Waals surface area (Å²) in [5.41, 5.74) is -0.249. The van der Waals surface area contributed by atoms with E-state index in [1.165, 1.54) is 0 Å². The summed E-state index contributed by atoms with van der Waals surface area (Å²) >= 11 is 0. The average Bonchev–Trinajstić information content (AvgIpc) is 2.26. The summed E-state index contributed by atoms with van der Waals surface area (Å²) in [6.07, 6.45) is 1.29. The number of aliphatic hydroxyl groups excluding tert-OH is 1. The quantitative estimate of drug-likeness (QED) is 0.593. The van der Waals surface area contributed by atoms with E-state index in [1.807, 2.05) is 6.92 Å². The van der Waals surface area contributed by atoms with Crippen LogP contribution in [0.4, 0.5) is 0 Å². The number of carbonyl (C=O) groups is 1. The molecule has 0 spiro atoms. The van der Waals surface area contributed by atoms with Gasteiger partial charge in [-0.3, -0.25) is 4.79 Å². The summed E-state index contributed by atoms with van der Waals surface area (Å²) in [6.45, 7) is 6.23. The van der Waals surface area contributed by atoms with Crippen molar-refractivity contribution in [3.63, 3.8) is 0 Å². The van der Waals surface area contributed by atoms with Crippen molar-refractivity contribution in [3.05, 3.63) is 0 Å². The molecule has 0 aliphatic heterocycles. The fourth-order valence-electron chi connectivity index (χ4n) is 3.04. The summed E-state index contributed by atoms with van der Waals surface area (Å²) in [7, 11) is 0. The Morgan fingerprint density at radius 3 is 2.25 bits per heavy atom. The van der Waals surface area contributed by atoms with Gasteiger partial charge in [0.2, 0.25) is 0 Å². The van der Waals surface area contributed by atoms with Gasteiger partial charge in [0.25, 0.3) is 0 Å². The monoisotopic (exact) mass is 168 g/mol. The summed E-state index contributed by atoms with van der Waals surface area (Å²) < 4.78 is 0. The van der Waals surface area contributed by atoms with E-state index in [0.29, 0.717) is 0 Å². The summed E-state index contributed by atoms with van der Waals surface area (Å²) in [5, 5.41) is 9.64. The molecule has 68 valence electrons. The van der Waals surface area contributed by atoms with Gasteiger partial charge in [-0.05, 0) is 24.2 Å². The second-order valence-corrected chi connectivity index (χ2v) is 5.01. The Morgan fingerprint density at radius 2 is 2.00 bits per heavy atom. The molecule has 0 radical (unpaired) electrons. The van der Waals surface area contributed by atoms with Gasteiger partial charge in [0.1, 0.15) is 6.10 Å². The van der Waals surface area contributed by atoms with Crippen LogP contribution in [0, 0.1) is 16.7 Å². The van der Waals surface area contributed by atoms with E-state index in [9.17, 15) is 9.90 Å². The van der Waals surface area contributed by atoms with Crippen LogP contribution in [0.2, 0.25) is 0 Å². The van der Waals surface area contributed by atoms with Crippen molar-refractivity contribution in [2.75, 3.05) is 0 Å². The first-order valence-corrected chi connectivity index (χ1v) is 4.63. The molecule has 2 fully saturated rings. The minimum atomic E-state index is -0.682. The molecule has 3 atom stereocenters. The Labute approximate surface area is 73.0 Å². The van der Waals surface area contributed by atoms with Crippen LogP contribution in [0.3, 0.4) is 0 Å². The van der Waals surface area contributed by atoms with Crippen molar-refractivity contribution in [2.24, 2.45) is 16.7 Å². The molecule has 2 heteroatoms. The molecule has 2 nitrogen and oxygen atoms in total. The molecule has 2 bridgehead atoms. The molecule has 12 heavy (non-hydrogen) atoms. The molecule has 2 aliphatic carbocycles. The SMILES string of the molecule is CC1(C)C2CC[C@@]1(C)C(=O)[C@H]2O. The van der Waals surface area contributed by atoms with Crippen LogP contribution in [-0.2, 0) is 4.79 Å².